The van der Waals surface area contributed by atoms with Gasteiger partial charge in [-0.1, -0.05) is 37.4 Å². The highest BCUT2D eigenvalue weighted by Gasteiger charge is 2.47. The van der Waals surface area contributed by atoms with Crippen LogP contribution in [0.25, 0.3) is 11.1 Å². The summed E-state index contributed by atoms with van der Waals surface area (Å²) >= 11 is 0. The summed E-state index contributed by atoms with van der Waals surface area (Å²) in [6.45, 7) is 8.09. The van der Waals surface area contributed by atoms with E-state index in [2.05, 4.69) is 25.3 Å². The molecule has 1 fully saturated rings. The van der Waals surface area contributed by atoms with Crippen LogP contribution in [0.15, 0.2) is 37.4 Å². The van der Waals surface area contributed by atoms with Crippen LogP contribution in [-0.2, 0) is 4.74 Å². The molecule has 1 aromatic carbocycles. The van der Waals surface area contributed by atoms with Crippen molar-refractivity contribution in [1.29, 1.82) is 0 Å². The molecule has 0 spiro atoms. The third-order valence-corrected chi connectivity index (χ3v) is 2.80. The van der Waals surface area contributed by atoms with Crippen molar-refractivity contribution in [3.63, 3.8) is 0 Å². The van der Waals surface area contributed by atoms with Gasteiger partial charge < -0.3 is 4.74 Å². The molecule has 0 aromatic heterocycles. The second kappa shape index (κ2) is 2.12. The lowest BCUT2D eigenvalue weighted by Gasteiger charge is -2.15. The summed E-state index contributed by atoms with van der Waals surface area (Å²) in [5.74, 6) is 0. The van der Waals surface area contributed by atoms with Gasteiger partial charge in [0, 0.05) is 0 Å². The highest BCUT2D eigenvalue weighted by molar-refractivity contribution is 5.89. The van der Waals surface area contributed by atoms with Crippen LogP contribution in [-0.4, -0.2) is 12.2 Å². The van der Waals surface area contributed by atoms with Crippen LogP contribution >= 0.6 is 0 Å². The summed E-state index contributed by atoms with van der Waals surface area (Å²) in [7, 11) is 0. The van der Waals surface area contributed by atoms with Gasteiger partial charge in [-0.2, -0.15) is 0 Å². The molecule has 0 saturated carbocycles. The molecule has 0 bridgehead atoms. The zero-order valence-corrected chi connectivity index (χ0v) is 7.29. The van der Waals surface area contributed by atoms with Gasteiger partial charge in [-0.15, -0.1) is 0 Å². The standard InChI is InChI=1S/C12H10O/c1-7-9-5-3-4-6-10(9)8(2)12-11(7)13-12/h3-6,11-12H,1-2H2/t11-,12+. The summed E-state index contributed by atoms with van der Waals surface area (Å²) in [5.41, 5.74) is 4.61. The number of rotatable bonds is 0. The zero-order chi connectivity index (χ0) is 9.00. The maximum absolute atomic E-state index is 5.49. The largest absolute Gasteiger partial charge is 0.359 e. The monoisotopic (exact) mass is 170 g/mol. The molecule has 0 radical (unpaired) electrons. The van der Waals surface area contributed by atoms with Crippen molar-refractivity contribution in [2.75, 3.05) is 0 Å². The van der Waals surface area contributed by atoms with Crippen LogP contribution in [0.3, 0.4) is 0 Å². The lowest BCUT2D eigenvalue weighted by molar-refractivity contribution is 0.423. The molecule has 3 rings (SSSR count). The van der Waals surface area contributed by atoms with E-state index in [0.29, 0.717) is 0 Å². The molecular weight excluding hydrogens is 160 g/mol. The van der Waals surface area contributed by atoms with Crippen LogP contribution in [0.4, 0.5) is 0 Å². The lowest BCUT2D eigenvalue weighted by Crippen LogP contribution is -2.08. The van der Waals surface area contributed by atoms with Gasteiger partial charge in [0.05, 0.1) is 0 Å². The number of hydrogen-bond donors (Lipinski definition) is 0. The molecule has 64 valence electrons. The molecule has 1 saturated heterocycles. The van der Waals surface area contributed by atoms with E-state index < -0.39 is 0 Å². The van der Waals surface area contributed by atoms with E-state index in [9.17, 15) is 0 Å². The molecule has 1 heteroatoms. The van der Waals surface area contributed by atoms with Crippen molar-refractivity contribution in [3.8, 4) is 0 Å². The molecule has 1 aromatic rings. The fourth-order valence-electron chi connectivity index (χ4n) is 1.99. The van der Waals surface area contributed by atoms with Crippen molar-refractivity contribution in [3.05, 3.63) is 48.6 Å². The first-order valence-electron chi connectivity index (χ1n) is 4.42. The highest BCUT2D eigenvalue weighted by atomic mass is 16.6. The second-order valence-electron chi connectivity index (χ2n) is 3.57. The molecule has 13 heavy (non-hydrogen) atoms. The van der Waals surface area contributed by atoms with E-state index in [4.69, 9.17) is 4.74 Å². The fraction of sp³-hybridized carbons (Fsp3) is 0.167. The summed E-state index contributed by atoms with van der Waals surface area (Å²) in [6.07, 6.45) is 0.421. The normalized spacial score (nSPS) is 29.5. The molecule has 0 amide bonds. The van der Waals surface area contributed by atoms with Gasteiger partial charge in [0.1, 0.15) is 12.2 Å². The van der Waals surface area contributed by atoms with E-state index >= 15 is 0 Å². The van der Waals surface area contributed by atoms with Gasteiger partial charge in [-0.3, -0.25) is 0 Å². The minimum Gasteiger partial charge on any atom is -0.359 e. The van der Waals surface area contributed by atoms with E-state index in [-0.39, 0.29) is 12.2 Å². The van der Waals surface area contributed by atoms with E-state index in [1.807, 2.05) is 12.1 Å². The third-order valence-electron chi connectivity index (χ3n) is 2.80. The van der Waals surface area contributed by atoms with E-state index in [1.165, 1.54) is 11.1 Å². The molecule has 1 heterocycles. The van der Waals surface area contributed by atoms with Gasteiger partial charge in [-0.25, -0.2) is 0 Å². The molecule has 2 atom stereocenters. The van der Waals surface area contributed by atoms with E-state index in [1.54, 1.807) is 0 Å². The molecular formula is C12H10O. The van der Waals surface area contributed by atoms with Crippen LogP contribution in [0.2, 0.25) is 0 Å². The van der Waals surface area contributed by atoms with Gasteiger partial charge in [-0.05, 0) is 22.3 Å². The Morgan fingerprint density at radius 2 is 1.38 bits per heavy atom. The van der Waals surface area contributed by atoms with Gasteiger partial charge in [0.15, 0.2) is 0 Å². The predicted molar refractivity (Wildman–Crippen MR) is 53.2 cm³/mol. The van der Waals surface area contributed by atoms with Crippen LogP contribution in [0.5, 0.6) is 0 Å². The number of epoxide rings is 1. The maximum Gasteiger partial charge on any atom is 0.114 e. The first-order valence-corrected chi connectivity index (χ1v) is 4.42. The van der Waals surface area contributed by atoms with Gasteiger partial charge in [0.2, 0.25) is 0 Å². The average molecular weight is 170 g/mol. The van der Waals surface area contributed by atoms with Crippen LogP contribution in [0.1, 0.15) is 11.1 Å². The minimum absolute atomic E-state index is 0.211. The second-order valence-corrected chi connectivity index (χ2v) is 3.57. The Balaban J connectivity index is 2.26. The molecule has 1 nitrogen and oxygen atoms in total. The Morgan fingerprint density at radius 3 is 1.85 bits per heavy atom. The van der Waals surface area contributed by atoms with Crippen molar-refractivity contribution < 1.29 is 4.74 Å². The fourth-order valence-corrected chi connectivity index (χ4v) is 1.99. The summed E-state index contributed by atoms with van der Waals surface area (Å²) in [4.78, 5) is 0. The summed E-state index contributed by atoms with van der Waals surface area (Å²) < 4.78 is 5.49. The van der Waals surface area contributed by atoms with Crippen molar-refractivity contribution >= 4 is 11.1 Å². The molecule has 0 N–H and O–H groups in total. The van der Waals surface area contributed by atoms with E-state index in [0.717, 1.165) is 11.1 Å². The first-order chi connectivity index (χ1) is 6.29. The minimum atomic E-state index is 0.211. The Kier molecular flexibility index (Phi) is 1.16. The Hall–Kier alpha value is -1.34. The average Bonchev–Trinajstić information content (AvgIpc) is 2.94. The molecule has 0 unspecified atom stereocenters. The number of hydrogen-bond acceptors (Lipinski definition) is 1. The maximum atomic E-state index is 5.49. The zero-order valence-electron chi connectivity index (χ0n) is 7.29. The summed E-state index contributed by atoms with van der Waals surface area (Å²) in [5, 5.41) is 0. The quantitative estimate of drug-likeness (QED) is 0.545. The molecule has 2 aliphatic rings. The Bertz CT molecular complexity index is 378. The Morgan fingerprint density at radius 1 is 0.923 bits per heavy atom. The highest BCUT2D eigenvalue weighted by Crippen LogP contribution is 2.48. The van der Waals surface area contributed by atoms with Crippen molar-refractivity contribution in [1.82, 2.24) is 0 Å². The van der Waals surface area contributed by atoms with Crippen LogP contribution < -0.4 is 0 Å². The molecule has 1 aliphatic carbocycles. The SMILES string of the molecule is C=C1c2ccccc2C(=C)[C@@H]2O[C@H]12. The predicted octanol–water partition coefficient (Wildman–Crippen LogP) is 2.49. The lowest BCUT2D eigenvalue weighted by atomic mass is 9.85. The van der Waals surface area contributed by atoms with Crippen molar-refractivity contribution in [2.24, 2.45) is 0 Å². The topological polar surface area (TPSA) is 12.5 Å². The van der Waals surface area contributed by atoms with Gasteiger partial charge >= 0.3 is 0 Å². The number of ether oxygens (including phenoxy) is 1. The smallest absolute Gasteiger partial charge is 0.114 e. The Labute approximate surface area is 77.3 Å². The van der Waals surface area contributed by atoms with Crippen LogP contribution in [0, 0.1) is 0 Å². The van der Waals surface area contributed by atoms with Gasteiger partial charge in [0.25, 0.3) is 0 Å². The number of fused-ring (bicyclic) bond motifs is 2. The first kappa shape index (κ1) is 7.10. The summed E-state index contributed by atoms with van der Waals surface area (Å²) in [6, 6.07) is 8.22. The third kappa shape index (κ3) is 0.798. The molecule has 1 aliphatic heterocycles. The number of benzene rings is 1. The van der Waals surface area contributed by atoms with Crippen molar-refractivity contribution in [2.45, 2.75) is 12.2 Å².